The van der Waals surface area contributed by atoms with Gasteiger partial charge in [-0.3, -0.25) is 9.59 Å². The minimum atomic E-state index is -0.0562. The van der Waals surface area contributed by atoms with Gasteiger partial charge in [0.05, 0.1) is 6.61 Å². The van der Waals surface area contributed by atoms with Crippen LogP contribution < -0.4 is 5.32 Å². The molecule has 5 heteroatoms. The van der Waals surface area contributed by atoms with Gasteiger partial charge in [0.1, 0.15) is 0 Å². The van der Waals surface area contributed by atoms with Crippen molar-refractivity contribution in [3.8, 4) is 0 Å². The van der Waals surface area contributed by atoms with E-state index in [4.69, 9.17) is 4.74 Å². The molecule has 5 nitrogen and oxygen atoms in total. The Hall–Kier alpha value is -1.36. The first-order chi connectivity index (χ1) is 11.2. The third-order valence-electron chi connectivity index (χ3n) is 5.75. The number of piperidine rings is 1. The largest absolute Gasteiger partial charge is 0.383 e. The second-order valence-electron chi connectivity index (χ2n) is 7.15. The SMILES string of the molecule is COCCN1C(=O)CCC2(CNC(=O)C3CCC3)CCCC=C12. The fourth-order valence-corrected chi connectivity index (χ4v) is 4.06. The highest BCUT2D eigenvalue weighted by Gasteiger charge is 2.44. The van der Waals surface area contributed by atoms with Crippen LogP contribution in [0.4, 0.5) is 0 Å². The van der Waals surface area contributed by atoms with Crippen molar-refractivity contribution in [3.63, 3.8) is 0 Å². The van der Waals surface area contributed by atoms with Crippen molar-refractivity contribution in [2.24, 2.45) is 11.3 Å². The van der Waals surface area contributed by atoms with E-state index < -0.39 is 0 Å². The third-order valence-corrected chi connectivity index (χ3v) is 5.75. The molecule has 2 amide bonds. The number of likely N-dealkylation sites (tertiary alicyclic amines) is 1. The summed E-state index contributed by atoms with van der Waals surface area (Å²) in [6, 6.07) is 0. The van der Waals surface area contributed by atoms with E-state index in [1.807, 2.05) is 4.90 Å². The van der Waals surface area contributed by atoms with Crippen molar-refractivity contribution in [2.45, 2.75) is 51.4 Å². The van der Waals surface area contributed by atoms with Crippen molar-refractivity contribution in [2.75, 3.05) is 26.8 Å². The minimum absolute atomic E-state index is 0.0562. The first kappa shape index (κ1) is 16.5. The first-order valence-electron chi connectivity index (χ1n) is 8.94. The van der Waals surface area contributed by atoms with Gasteiger partial charge in [0, 0.05) is 43.7 Å². The molecule has 2 aliphatic carbocycles. The normalized spacial score (nSPS) is 28.0. The van der Waals surface area contributed by atoms with Gasteiger partial charge in [-0.2, -0.15) is 0 Å². The number of carbonyl (C=O) groups is 2. The smallest absolute Gasteiger partial charge is 0.226 e. The molecule has 1 N–H and O–H groups in total. The van der Waals surface area contributed by atoms with E-state index >= 15 is 0 Å². The number of allylic oxidation sites excluding steroid dienone is 1. The van der Waals surface area contributed by atoms with E-state index in [0.29, 0.717) is 26.1 Å². The Morgan fingerprint density at radius 2 is 2.22 bits per heavy atom. The molecule has 3 aliphatic rings. The summed E-state index contributed by atoms with van der Waals surface area (Å²) in [5.74, 6) is 0.615. The highest BCUT2D eigenvalue weighted by molar-refractivity contribution is 5.81. The van der Waals surface area contributed by atoms with E-state index in [0.717, 1.165) is 44.2 Å². The molecule has 1 heterocycles. The molecule has 128 valence electrons. The lowest BCUT2D eigenvalue weighted by Crippen LogP contribution is -2.52. The molecular formula is C18H28N2O3. The number of rotatable bonds is 6. The third kappa shape index (κ3) is 3.30. The van der Waals surface area contributed by atoms with Crippen LogP contribution >= 0.6 is 0 Å². The minimum Gasteiger partial charge on any atom is -0.383 e. The number of fused-ring (bicyclic) bond motifs is 1. The lowest BCUT2D eigenvalue weighted by molar-refractivity contribution is -0.134. The van der Waals surface area contributed by atoms with E-state index in [1.165, 1.54) is 6.42 Å². The molecular weight excluding hydrogens is 292 g/mol. The molecule has 0 radical (unpaired) electrons. The molecule has 1 saturated carbocycles. The van der Waals surface area contributed by atoms with Crippen molar-refractivity contribution >= 4 is 11.8 Å². The second-order valence-corrected chi connectivity index (χ2v) is 7.15. The number of nitrogens with zero attached hydrogens (tertiary/aromatic N) is 1. The number of nitrogens with one attached hydrogen (secondary N) is 1. The Bertz CT molecular complexity index is 498. The average molecular weight is 320 g/mol. The molecule has 1 atom stereocenters. The Labute approximate surface area is 138 Å². The number of ether oxygens (including phenoxy) is 1. The van der Waals surface area contributed by atoms with Crippen LogP contribution in [0, 0.1) is 11.3 Å². The number of methoxy groups -OCH3 is 1. The van der Waals surface area contributed by atoms with Crippen LogP contribution in [-0.4, -0.2) is 43.5 Å². The van der Waals surface area contributed by atoms with Crippen LogP contribution in [0.15, 0.2) is 11.8 Å². The highest BCUT2D eigenvalue weighted by atomic mass is 16.5. The van der Waals surface area contributed by atoms with Gasteiger partial charge in [0.25, 0.3) is 0 Å². The van der Waals surface area contributed by atoms with Gasteiger partial charge in [-0.05, 0) is 38.5 Å². The maximum atomic E-state index is 12.3. The zero-order valence-corrected chi connectivity index (χ0v) is 14.1. The van der Waals surface area contributed by atoms with E-state index in [9.17, 15) is 9.59 Å². The molecule has 0 bridgehead atoms. The lowest BCUT2D eigenvalue weighted by Gasteiger charge is -2.47. The summed E-state index contributed by atoms with van der Waals surface area (Å²) >= 11 is 0. The molecule has 1 saturated heterocycles. The molecule has 0 spiro atoms. The van der Waals surface area contributed by atoms with Crippen LogP contribution in [0.1, 0.15) is 51.4 Å². The molecule has 0 aromatic heterocycles. The molecule has 0 aromatic rings. The van der Waals surface area contributed by atoms with Gasteiger partial charge < -0.3 is 15.0 Å². The average Bonchev–Trinajstić information content (AvgIpc) is 2.51. The zero-order valence-electron chi connectivity index (χ0n) is 14.1. The Morgan fingerprint density at radius 1 is 1.39 bits per heavy atom. The Morgan fingerprint density at radius 3 is 2.91 bits per heavy atom. The standard InChI is InChI=1S/C18H28N2O3/c1-23-12-11-20-15-7-2-3-9-18(15,10-8-16(20)21)13-19-17(22)14-5-4-6-14/h7,14H,2-6,8-13H2,1H3,(H,19,22). The van der Waals surface area contributed by atoms with E-state index in [-0.39, 0.29) is 23.1 Å². The summed E-state index contributed by atoms with van der Waals surface area (Å²) in [6.07, 6.45) is 10.1. The number of carbonyl (C=O) groups excluding carboxylic acids is 2. The molecule has 1 unspecified atom stereocenters. The van der Waals surface area contributed by atoms with Gasteiger partial charge in [-0.25, -0.2) is 0 Å². The van der Waals surface area contributed by atoms with Gasteiger partial charge >= 0.3 is 0 Å². The molecule has 23 heavy (non-hydrogen) atoms. The number of hydrogen-bond acceptors (Lipinski definition) is 3. The van der Waals surface area contributed by atoms with Crippen LogP contribution in [0.3, 0.4) is 0 Å². The first-order valence-corrected chi connectivity index (χ1v) is 8.94. The maximum absolute atomic E-state index is 12.3. The van der Waals surface area contributed by atoms with Crippen LogP contribution in [0.25, 0.3) is 0 Å². The van der Waals surface area contributed by atoms with Gasteiger partial charge in [-0.15, -0.1) is 0 Å². The fraction of sp³-hybridized carbons (Fsp3) is 0.778. The van der Waals surface area contributed by atoms with E-state index in [2.05, 4.69) is 11.4 Å². The zero-order chi connectivity index (χ0) is 16.3. The van der Waals surface area contributed by atoms with Crippen molar-refractivity contribution in [1.82, 2.24) is 10.2 Å². The summed E-state index contributed by atoms with van der Waals surface area (Å²) in [6.45, 7) is 1.83. The fourth-order valence-electron chi connectivity index (χ4n) is 4.06. The van der Waals surface area contributed by atoms with Crippen molar-refractivity contribution in [3.05, 3.63) is 11.8 Å². The molecule has 0 aromatic carbocycles. The Kier molecular flexibility index (Phi) is 5.05. The van der Waals surface area contributed by atoms with Gasteiger partial charge in [0.15, 0.2) is 0 Å². The number of hydrogen-bond donors (Lipinski definition) is 1. The summed E-state index contributed by atoms with van der Waals surface area (Å²) in [4.78, 5) is 26.5. The highest BCUT2D eigenvalue weighted by Crippen LogP contribution is 2.46. The summed E-state index contributed by atoms with van der Waals surface area (Å²) in [7, 11) is 1.66. The second kappa shape index (κ2) is 7.04. The van der Waals surface area contributed by atoms with E-state index in [1.54, 1.807) is 7.11 Å². The quantitative estimate of drug-likeness (QED) is 0.816. The monoisotopic (exact) mass is 320 g/mol. The summed E-state index contributed by atoms with van der Waals surface area (Å²) in [5.41, 5.74) is 1.07. The topological polar surface area (TPSA) is 58.6 Å². The van der Waals surface area contributed by atoms with Crippen LogP contribution in [-0.2, 0) is 14.3 Å². The Balaban J connectivity index is 1.71. The maximum Gasteiger partial charge on any atom is 0.226 e. The number of amides is 2. The molecule has 2 fully saturated rings. The predicted molar refractivity (Wildman–Crippen MR) is 87.5 cm³/mol. The summed E-state index contributed by atoms with van der Waals surface area (Å²) < 4.78 is 5.17. The van der Waals surface area contributed by atoms with Crippen molar-refractivity contribution < 1.29 is 14.3 Å². The van der Waals surface area contributed by atoms with Crippen molar-refractivity contribution in [1.29, 1.82) is 0 Å². The summed E-state index contributed by atoms with van der Waals surface area (Å²) in [5, 5.41) is 3.19. The van der Waals surface area contributed by atoms with Gasteiger partial charge in [-0.1, -0.05) is 12.5 Å². The molecule has 3 rings (SSSR count). The predicted octanol–water partition coefficient (Wildman–Crippen LogP) is 2.23. The molecule has 1 aliphatic heterocycles. The lowest BCUT2D eigenvalue weighted by atomic mass is 9.69. The van der Waals surface area contributed by atoms with Gasteiger partial charge in [0.2, 0.25) is 11.8 Å². The van der Waals surface area contributed by atoms with Crippen LogP contribution in [0.5, 0.6) is 0 Å². The van der Waals surface area contributed by atoms with Crippen LogP contribution in [0.2, 0.25) is 0 Å².